The van der Waals surface area contributed by atoms with E-state index in [0.29, 0.717) is 12.0 Å². The van der Waals surface area contributed by atoms with Crippen molar-refractivity contribution >= 4 is 5.97 Å². The number of rotatable bonds is 2. The minimum absolute atomic E-state index is 0.137. The first kappa shape index (κ1) is 12.8. The largest absolute Gasteiger partial charge is 0.481 e. The third-order valence-electron chi connectivity index (χ3n) is 4.05. The lowest BCUT2D eigenvalue weighted by Gasteiger charge is -2.26. The second-order valence-electron chi connectivity index (χ2n) is 5.42. The Labute approximate surface area is 101 Å². The predicted octanol–water partition coefficient (Wildman–Crippen LogP) is 0.796. The van der Waals surface area contributed by atoms with Gasteiger partial charge in [0.25, 0.3) is 5.97 Å². The zero-order valence-electron chi connectivity index (χ0n) is 10.3. The van der Waals surface area contributed by atoms with E-state index in [-0.39, 0.29) is 17.8 Å². The average molecular weight is 244 g/mol. The normalized spacial score (nSPS) is 46.3. The molecule has 1 aliphatic carbocycles. The fourth-order valence-electron chi connectivity index (χ4n) is 2.65. The predicted molar refractivity (Wildman–Crippen MR) is 59.7 cm³/mol. The van der Waals surface area contributed by atoms with Gasteiger partial charge in [-0.1, -0.05) is 0 Å². The number of carboxylic acids is 1. The van der Waals surface area contributed by atoms with Crippen molar-refractivity contribution in [1.82, 2.24) is 0 Å². The van der Waals surface area contributed by atoms with E-state index in [9.17, 15) is 0 Å². The third kappa shape index (κ3) is 2.61. The molecule has 0 radical (unpaired) electrons. The minimum Gasteiger partial charge on any atom is -0.481 e. The van der Waals surface area contributed by atoms with Gasteiger partial charge in [-0.05, 0) is 32.1 Å². The summed E-state index contributed by atoms with van der Waals surface area (Å²) in [6.45, 7) is 4.38. The fraction of sp³-hybridized carbons (Fsp3) is 0.917. The summed E-state index contributed by atoms with van der Waals surface area (Å²) in [5.74, 6) is -0.181. The molecule has 4 unspecified atom stereocenters. The van der Waals surface area contributed by atoms with Crippen molar-refractivity contribution in [3.63, 3.8) is 0 Å². The Kier molecular flexibility index (Phi) is 3.18. The molecule has 3 rings (SSSR count). The summed E-state index contributed by atoms with van der Waals surface area (Å²) >= 11 is 0. The van der Waals surface area contributed by atoms with E-state index in [1.165, 1.54) is 0 Å². The Morgan fingerprint density at radius 2 is 2.12 bits per heavy atom. The molecule has 0 aromatic rings. The highest BCUT2D eigenvalue weighted by Gasteiger charge is 2.62. The maximum absolute atomic E-state index is 9.14. The molecule has 0 aromatic carbocycles. The molecule has 98 valence electrons. The molecule has 4 atom stereocenters. The number of carbonyl (C=O) groups is 1. The molecule has 5 heteroatoms. The van der Waals surface area contributed by atoms with Gasteiger partial charge < -0.3 is 19.7 Å². The molecule has 2 heterocycles. The zero-order chi connectivity index (χ0) is 12.7. The number of fused-ring (bicyclic) bond motifs is 1. The molecule has 0 bridgehead atoms. The zero-order valence-corrected chi connectivity index (χ0v) is 10.3. The Bertz CT molecular complexity index is 308. The Balaban J connectivity index is 0.000000239. The molecule has 5 nitrogen and oxygen atoms in total. The summed E-state index contributed by atoms with van der Waals surface area (Å²) in [6.07, 6.45) is 3.56. The van der Waals surface area contributed by atoms with E-state index < -0.39 is 5.97 Å². The van der Waals surface area contributed by atoms with Gasteiger partial charge in [0, 0.05) is 6.92 Å². The van der Waals surface area contributed by atoms with Crippen LogP contribution in [0.5, 0.6) is 0 Å². The van der Waals surface area contributed by atoms with Gasteiger partial charge in [0.2, 0.25) is 0 Å². The molecular formula is C12H20O5. The van der Waals surface area contributed by atoms with E-state index in [4.69, 9.17) is 24.5 Å². The minimum atomic E-state index is -0.833. The summed E-state index contributed by atoms with van der Waals surface area (Å²) < 4.78 is 11.0. The van der Waals surface area contributed by atoms with Crippen LogP contribution in [0.25, 0.3) is 0 Å². The van der Waals surface area contributed by atoms with Crippen LogP contribution in [0.3, 0.4) is 0 Å². The number of epoxide rings is 2. The monoisotopic (exact) mass is 244 g/mol. The first-order valence-electron chi connectivity index (χ1n) is 6.04. The van der Waals surface area contributed by atoms with Crippen LogP contribution in [0, 0.1) is 5.92 Å². The maximum atomic E-state index is 9.14. The quantitative estimate of drug-likeness (QED) is 0.702. The highest BCUT2D eigenvalue weighted by atomic mass is 16.6. The number of aliphatic hydroxyl groups is 1. The Hall–Kier alpha value is -0.650. The molecule has 1 saturated carbocycles. The number of carboxylic acid groups (broad SMARTS) is 1. The van der Waals surface area contributed by atoms with Gasteiger partial charge in [-0.25, -0.2) is 0 Å². The van der Waals surface area contributed by atoms with Crippen LogP contribution >= 0.6 is 0 Å². The SMILES string of the molecule is CC(=O)O.CC1(C2CCC3(CO)OC3C2)CO1. The lowest BCUT2D eigenvalue weighted by atomic mass is 9.76. The van der Waals surface area contributed by atoms with Crippen molar-refractivity contribution < 1.29 is 24.5 Å². The van der Waals surface area contributed by atoms with Gasteiger partial charge in [0.15, 0.2) is 0 Å². The molecule has 2 saturated heterocycles. The smallest absolute Gasteiger partial charge is 0.300 e. The molecule has 2 aliphatic heterocycles. The van der Waals surface area contributed by atoms with E-state index in [0.717, 1.165) is 32.8 Å². The molecular weight excluding hydrogens is 224 g/mol. The summed E-state index contributed by atoms with van der Waals surface area (Å²) in [5, 5.41) is 16.6. The van der Waals surface area contributed by atoms with Crippen LogP contribution in [0.1, 0.15) is 33.1 Å². The number of aliphatic hydroxyl groups excluding tert-OH is 1. The molecule has 0 aromatic heterocycles. The number of ether oxygens (including phenoxy) is 2. The molecule has 17 heavy (non-hydrogen) atoms. The first-order chi connectivity index (χ1) is 7.92. The number of hydrogen-bond donors (Lipinski definition) is 2. The molecule has 3 aliphatic rings. The Morgan fingerprint density at radius 3 is 2.53 bits per heavy atom. The highest BCUT2D eigenvalue weighted by Crippen LogP contribution is 2.54. The van der Waals surface area contributed by atoms with Crippen LogP contribution in [0.15, 0.2) is 0 Å². The van der Waals surface area contributed by atoms with Crippen molar-refractivity contribution in [3.05, 3.63) is 0 Å². The van der Waals surface area contributed by atoms with Crippen LogP contribution in [0.4, 0.5) is 0 Å². The van der Waals surface area contributed by atoms with Crippen molar-refractivity contribution in [1.29, 1.82) is 0 Å². The summed E-state index contributed by atoms with van der Waals surface area (Å²) in [7, 11) is 0. The maximum Gasteiger partial charge on any atom is 0.300 e. The summed E-state index contributed by atoms with van der Waals surface area (Å²) in [4.78, 5) is 9.00. The van der Waals surface area contributed by atoms with Crippen molar-refractivity contribution in [2.45, 2.75) is 50.4 Å². The lowest BCUT2D eigenvalue weighted by Crippen LogP contribution is -2.33. The van der Waals surface area contributed by atoms with Crippen molar-refractivity contribution in [2.75, 3.05) is 13.2 Å². The fourth-order valence-corrected chi connectivity index (χ4v) is 2.65. The van der Waals surface area contributed by atoms with Crippen molar-refractivity contribution in [2.24, 2.45) is 5.92 Å². The van der Waals surface area contributed by atoms with Crippen LogP contribution in [-0.2, 0) is 14.3 Å². The van der Waals surface area contributed by atoms with Gasteiger partial charge in [-0.2, -0.15) is 0 Å². The van der Waals surface area contributed by atoms with Crippen molar-refractivity contribution in [3.8, 4) is 0 Å². The molecule has 2 N–H and O–H groups in total. The average Bonchev–Trinajstić information content (AvgIpc) is 3.12. The van der Waals surface area contributed by atoms with E-state index >= 15 is 0 Å². The van der Waals surface area contributed by atoms with Gasteiger partial charge in [-0.15, -0.1) is 0 Å². The first-order valence-corrected chi connectivity index (χ1v) is 6.04. The number of aliphatic carboxylic acids is 1. The second kappa shape index (κ2) is 4.23. The van der Waals surface area contributed by atoms with Crippen LogP contribution < -0.4 is 0 Å². The highest BCUT2D eigenvalue weighted by molar-refractivity contribution is 5.62. The molecule has 0 amide bonds. The third-order valence-corrected chi connectivity index (χ3v) is 4.05. The number of hydrogen-bond acceptors (Lipinski definition) is 4. The lowest BCUT2D eigenvalue weighted by molar-refractivity contribution is -0.134. The topological polar surface area (TPSA) is 82.6 Å². The van der Waals surface area contributed by atoms with Gasteiger partial charge in [0.05, 0.1) is 24.9 Å². The van der Waals surface area contributed by atoms with Gasteiger partial charge in [-0.3, -0.25) is 4.79 Å². The molecule has 0 spiro atoms. The summed E-state index contributed by atoms with van der Waals surface area (Å²) in [6, 6.07) is 0. The van der Waals surface area contributed by atoms with E-state index in [1.807, 2.05) is 0 Å². The van der Waals surface area contributed by atoms with Crippen LogP contribution in [-0.4, -0.2) is 46.7 Å². The van der Waals surface area contributed by atoms with E-state index in [1.54, 1.807) is 0 Å². The van der Waals surface area contributed by atoms with Gasteiger partial charge >= 0.3 is 0 Å². The molecule has 3 fully saturated rings. The second-order valence-corrected chi connectivity index (χ2v) is 5.42. The summed E-state index contributed by atoms with van der Waals surface area (Å²) in [5.41, 5.74) is 0.00924. The van der Waals surface area contributed by atoms with Crippen LogP contribution in [0.2, 0.25) is 0 Å². The van der Waals surface area contributed by atoms with E-state index in [2.05, 4.69) is 6.92 Å². The Morgan fingerprint density at radius 1 is 1.53 bits per heavy atom. The van der Waals surface area contributed by atoms with Gasteiger partial charge in [0.1, 0.15) is 5.60 Å². The standard InChI is InChI=1S/C10H16O3.C2H4O2/c1-9(6-12-9)7-2-3-10(5-11)8(4-7)13-10;1-2(3)4/h7-8,11H,2-6H2,1H3;1H3,(H,3,4).